The summed E-state index contributed by atoms with van der Waals surface area (Å²) < 4.78 is 12.7. The lowest BCUT2D eigenvalue weighted by Gasteiger charge is -2.54. The summed E-state index contributed by atoms with van der Waals surface area (Å²) in [5.74, 6) is 1.10. The molecule has 5 heteroatoms. The fourth-order valence-corrected chi connectivity index (χ4v) is 9.22. The van der Waals surface area contributed by atoms with Gasteiger partial charge in [0.25, 0.3) is 0 Å². The van der Waals surface area contributed by atoms with E-state index in [2.05, 4.69) is 53.6 Å². The molecular formula is C32H38N2O3. The number of hydrogen-bond donors (Lipinski definition) is 2. The van der Waals surface area contributed by atoms with Crippen molar-refractivity contribution in [2.45, 2.75) is 87.1 Å². The van der Waals surface area contributed by atoms with Crippen LogP contribution in [-0.2, 0) is 9.47 Å². The van der Waals surface area contributed by atoms with Crippen molar-refractivity contribution in [1.29, 1.82) is 0 Å². The Bertz CT molecular complexity index is 1330. The first-order valence-corrected chi connectivity index (χ1v) is 14.4. The molecule has 3 aliphatic heterocycles. The van der Waals surface area contributed by atoms with Crippen molar-refractivity contribution in [3.63, 3.8) is 0 Å². The minimum atomic E-state index is -0.684. The van der Waals surface area contributed by atoms with Gasteiger partial charge in [0.1, 0.15) is 5.60 Å². The average Bonchev–Trinajstić information content (AvgIpc) is 3.41. The zero-order valence-electron chi connectivity index (χ0n) is 21.8. The molecule has 6 aliphatic rings. The van der Waals surface area contributed by atoms with Crippen LogP contribution in [0.15, 0.2) is 60.0 Å². The predicted molar refractivity (Wildman–Crippen MR) is 143 cm³/mol. The number of rotatable bonds is 4. The molecular weight excluding hydrogens is 460 g/mol. The summed E-state index contributed by atoms with van der Waals surface area (Å²) in [5, 5.41) is 16.7. The number of pyridine rings is 1. The number of benzene rings is 1. The van der Waals surface area contributed by atoms with Crippen LogP contribution >= 0.6 is 0 Å². The zero-order valence-corrected chi connectivity index (χ0v) is 21.8. The van der Waals surface area contributed by atoms with Crippen LogP contribution in [0, 0.1) is 11.3 Å². The Morgan fingerprint density at radius 1 is 1.11 bits per heavy atom. The van der Waals surface area contributed by atoms with Crippen LogP contribution < -0.4 is 5.32 Å². The van der Waals surface area contributed by atoms with E-state index in [-0.39, 0.29) is 16.6 Å². The molecule has 1 aromatic carbocycles. The summed E-state index contributed by atoms with van der Waals surface area (Å²) in [6.07, 6.45) is 18.1. The minimum absolute atomic E-state index is 0.128. The minimum Gasteiger partial charge on any atom is -0.384 e. The highest BCUT2D eigenvalue weighted by molar-refractivity contribution is 5.82. The Hall–Kier alpha value is -2.05. The van der Waals surface area contributed by atoms with Gasteiger partial charge in [0, 0.05) is 30.4 Å². The average molecular weight is 499 g/mol. The lowest BCUT2D eigenvalue weighted by molar-refractivity contribution is -0.177. The normalized spacial score (nSPS) is 41.3. The lowest BCUT2D eigenvalue weighted by atomic mass is 9.58. The maximum Gasteiger partial charge on any atom is 0.123 e. The van der Waals surface area contributed by atoms with Gasteiger partial charge in [0.15, 0.2) is 0 Å². The van der Waals surface area contributed by atoms with Crippen LogP contribution in [0.1, 0.15) is 69.8 Å². The topological polar surface area (TPSA) is 63.6 Å². The molecule has 37 heavy (non-hydrogen) atoms. The molecule has 6 atom stereocenters. The third kappa shape index (κ3) is 3.21. The van der Waals surface area contributed by atoms with Gasteiger partial charge in [-0.3, -0.25) is 4.98 Å². The molecule has 2 saturated heterocycles. The van der Waals surface area contributed by atoms with E-state index in [1.807, 2.05) is 12.4 Å². The number of fused-ring (bicyclic) bond motifs is 2. The molecule has 4 heterocycles. The van der Waals surface area contributed by atoms with Gasteiger partial charge in [-0.2, -0.15) is 0 Å². The fourth-order valence-electron chi connectivity index (χ4n) is 9.22. The number of nitrogens with zero attached hydrogens (tertiary/aromatic N) is 1. The summed E-state index contributed by atoms with van der Waals surface area (Å²) >= 11 is 0. The molecule has 2 N–H and O–H groups in total. The van der Waals surface area contributed by atoms with E-state index in [4.69, 9.17) is 9.47 Å². The summed E-state index contributed by atoms with van der Waals surface area (Å²) in [4.78, 5) is 4.38. The Morgan fingerprint density at radius 2 is 2.03 bits per heavy atom. The molecule has 0 radical (unpaired) electrons. The van der Waals surface area contributed by atoms with Gasteiger partial charge in [-0.05, 0) is 103 Å². The van der Waals surface area contributed by atoms with Gasteiger partial charge in [-0.15, -0.1) is 0 Å². The largest absolute Gasteiger partial charge is 0.384 e. The summed E-state index contributed by atoms with van der Waals surface area (Å²) in [5.41, 5.74) is 3.73. The van der Waals surface area contributed by atoms with Gasteiger partial charge in [0.05, 0.1) is 24.4 Å². The molecule has 2 aromatic rings. The Labute approximate surface area is 219 Å². The van der Waals surface area contributed by atoms with Crippen molar-refractivity contribution < 1.29 is 14.6 Å². The molecule has 8 rings (SSSR count). The molecule has 5 nitrogen and oxygen atoms in total. The van der Waals surface area contributed by atoms with Crippen LogP contribution in [-0.4, -0.2) is 52.7 Å². The highest BCUT2D eigenvalue weighted by Gasteiger charge is 2.66. The number of aliphatic hydroxyl groups is 1. The first kappa shape index (κ1) is 22.9. The number of ether oxygens (including phenoxy) is 2. The summed E-state index contributed by atoms with van der Waals surface area (Å²) in [6, 6.07) is 9.54. The molecule has 2 saturated carbocycles. The third-order valence-electron chi connectivity index (χ3n) is 11.2. The highest BCUT2D eigenvalue weighted by atomic mass is 16.5. The van der Waals surface area contributed by atoms with E-state index in [1.165, 1.54) is 40.3 Å². The highest BCUT2D eigenvalue weighted by Crippen LogP contribution is 2.69. The van der Waals surface area contributed by atoms with Gasteiger partial charge in [-0.1, -0.05) is 31.2 Å². The molecule has 0 amide bonds. The van der Waals surface area contributed by atoms with Crippen molar-refractivity contribution >= 4 is 10.8 Å². The maximum absolute atomic E-state index is 10.5. The molecule has 3 aliphatic carbocycles. The van der Waals surface area contributed by atoms with Crippen LogP contribution in [0.4, 0.5) is 0 Å². The van der Waals surface area contributed by atoms with Crippen LogP contribution in [0.5, 0.6) is 0 Å². The Kier molecular flexibility index (Phi) is 4.80. The standard InChI is InChI=1S/C32H38N2O3/c1-29-10-8-25-15-24-4-5-26(34-18-30(35)19-36-20-30)16-31(24)11-12-32(25,37-31)28(29)7-6-27(29)22-3-2-21-9-13-33-17-23(21)14-22/h2-3,8-9,13-15,17,26-28,34-35H,4-7,10-12,16,18-20H2,1H3/t26?,27?,28-,29-,31-,32-/m1/s1. The Balaban J connectivity index is 1.09. The first-order chi connectivity index (χ1) is 17.9. The number of hydrogen-bond acceptors (Lipinski definition) is 5. The van der Waals surface area contributed by atoms with E-state index in [9.17, 15) is 5.11 Å². The van der Waals surface area contributed by atoms with E-state index < -0.39 is 5.60 Å². The van der Waals surface area contributed by atoms with Gasteiger partial charge in [-0.25, -0.2) is 0 Å². The van der Waals surface area contributed by atoms with E-state index in [0.717, 1.165) is 38.5 Å². The summed E-state index contributed by atoms with van der Waals surface area (Å²) in [6.45, 7) is 4.07. The van der Waals surface area contributed by atoms with Gasteiger partial charge >= 0.3 is 0 Å². The van der Waals surface area contributed by atoms with Crippen molar-refractivity contribution in [2.75, 3.05) is 19.8 Å². The van der Waals surface area contributed by atoms with Gasteiger partial charge < -0.3 is 19.9 Å². The van der Waals surface area contributed by atoms with Crippen LogP contribution in [0.2, 0.25) is 0 Å². The molecule has 4 fully saturated rings. The Morgan fingerprint density at radius 3 is 2.89 bits per heavy atom. The van der Waals surface area contributed by atoms with Crippen molar-refractivity contribution in [1.82, 2.24) is 10.3 Å². The third-order valence-corrected chi connectivity index (χ3v) is 11.2. The van der Waals surface area contributed by atoms with Crippen LogP contribution in [0.25, 0.3) is 10.8 Å². The second-order valence-corrected chi connectivity index (χ2v) is 13.2. The van der Waals surface area contributed by atoms with E-state index >= 15 is 0 Å². The zero-order chi connectivity index (χ0) is 24.9. The number of nitrogens with one attached hydrogen (secondary N) is 1. The molecule has 1 aromatic heterocycles. The van der Waals surface area contributed by atoms with Crippen molar-refractivity contribution in [3.05, 3.63) is 65.5 Å². The molecule has 2 bridgehead atoms. The predicted octanol–water partition coefficient (Wildman–Crippen LogP) is 5.20. The first-order valence-electron chi connectivity index (χ1n) is 14.4. The summed E-state index contributed by atoms with van der Waals surface area (Å²) in [7, 11) is 0. The van der Waals surface area contributed by atoms with Crippen molar-refractivity contribution in [3.8, 4) is 0 Å². The maximum atomic E-state index is 10.5. The molecule has 2 spiro atoms. The second kappa shape index (κ2) is 7.75. The van der Waals surface area contributed by atoms with Gasteiger partial charge in [0.2, 0.25) is 0 Å². The van der Waals surface area contributed by atoms with Crippen molar-refractivity contribution in [2.24, 2.45) is 11.3 Å². The van der Waals surface area contributed by atoms with E-state index in [0.29, 0.717) is 37.6 Å². The van der Waals surface area contributed by atoms with E-state index in [1.54, 1.807) is 0 Å². The quantitative estimate of drug-likeness (QED) is 0.607. The lowest BCUT2D eigenvalue weighted by Crippen LogP contribution is -2.59. The fraction of sp³-hybridized carbons (Fsp3) is 0.594. The molecule has 2 unspecified atom stereocenters. The molecule has 194 valence electrons. The SMILES string of the molecule is C[C@]12CC=C3C=C4CCC(NCC5(O)COC5)C[C@]45CC[C@]3(O5)[C@@H]1CCC2c1ccc2ccncc2c1. The monoisotopic (exact) mass is 498 g/mol. The second-order valence-electron chi connectivity index (χ2n) is 13.2. The number of aromatic nitrogens is 1. The number of allylic oxidation sites excluding steroid dienone is 1. The van der Waals surface area contributed by atoms with Crippen LogP contribution in [0.3, 0.4) is 0 Å². The smallest absolute Gasteiger partial charge is 0.123 e.